The van der Waals surface area contributed by atoms with Crippen LogP contribution in [0.15, 0.2) is 23.1 Å². The van der Waals surface area contributed by atoms with Crippen molar-refractivity contribution >= 4 is 23.4 Å². The molecule has 0 aliphatic rings. The summed E-state index contributed by atoms with van der Waals surface area (Å²) in [7, 11) is 0. The van der Waals surface area contributed by atoms with Crippen molar-refractivity contribution < 1.29 is 9.53 Å². The van der Waals surface area contributed by atoms with E-state index in [0.29, 0.717) is 22.8 Å². The topological polar surface area (TPSA) is 76.1 Å². The summed E-state index contributed by atoms with van der Waals surface area (Å²) in [5.74, 6) is -0.463. The molecule has 1 rings (SSSR count). The summed E-state index contributed by atoms with van der Waals surface area (Å²) in [5, 5.41) is 10.4. The number of rotatable bonds is 3. The average Bonchev–Trinajstić information content (AvgIpc) is 2.21. The second-order valence-electron chi connectivity index (χ2n) is 2.66. The summed E-state index contributed by atoms with van der Waals surface area (Å²) >= 11 is 0.976. The van der Waals surface area contributed by atoms with Crippen molar-refractivity contribution in [2.45, 2.75) is 11.8 Å². The molecule has 0 fully saturated rings. The lowest BCUT2D eigenvalue weighted by atomic mass is 10.2. The van der Waals surface area contributed by atoms with Gasteiger partial charge in [-0.25, -0.2) is 4.79 Å². The minimum Gasteiger partial charge on any atom is -0.462 e. The van der Waals surface area contributed by atoms with Crippen LogP contribution in [0.2, 0.25) is 0 Å². The molecule has 0 aliphatic carbocycles. The van der Waals surface area contributed by atoms with Crippen molar-refractivity contribution in [2.75, 3.05) is 12.3 Å². The van der Waals surface area contributed by atoms with Crippen molar-refractivity contribution in [3.63, 3.8) is 0 Å². The molecule has 5 heteroatoms. The molecule has 0 atom stereocenters. The fourth-order valence-electron chi connectivity index (χ4n) is 1.04. The first-order valence-electron chi connectivity index (χ1n) is 4.31. The molecule has 0 heterocycles. The SMILES string of the molecule is CCOC(=O)c1cc(SC#N)ccc1N. The molecule has 0 amide bonds. The molecule has 78 valence electrons. The lowest BCUT2D eigenvalue weighted by molar-refractivity contribution is 0.0527. The van der Waals surface area contributed by atoms with Gasteiger partial charge in [0.25, 0.3) is 0 Å². The quantitative estimate of drug-likeness (QED) is 0.366. The Morgan fingerprint density at radius 3 is 3.00 bits per heavy atom. The Bertz CT molecular complexity index is 412. The van der Waals surface area contributed by atoms with Crippen LogP contribution in [0.1, 0.15) is 17.3 Å². The number of nitriles is 1. The summed E-state index contributed by atoms with van der Waals surface area (Å²) in [6, 6.07) is 4.83. The van der Waals surface area contributed by atoms with Gasteiger partial charge in [0.05, 0.1) is 12.2 Å². The zero-order valence-electron chi connectivity index (χ0n) is 8.19. The Kier molecular flexibility index (Phi) is 4.01. The van der Waals surface area contributed by atoms with Gasteiger partial charge in [0.2, 0.25) is 0 Å². The van der Waals surface area contributed by atoms with Gasteiger partial charge in [-0.15, -0.1) is 0 Å². The van der Waals surface area contributed by atoms with E-state index in [0.717, 1.165) is 11.8 Å². The first kappa shape index (κ1) is 11.4. The Morgan fingerprint density at radius 1 is 1.67 bits per heavy atom. The first-order chi connectivity index (χ1) is 7.19. The third-order valence-electron chi connectivity index (χ3n) is 1.68. The van der Waals surface area contributed by atoms with Crippen molar-refractivity contribution in [3.8, 4) is 5.40 Å². The Morgan fingerprint density at radius 2 is 2.40 bits per heavy atom. The van der Waals surface area contributed by atoms with Gasteiger partial charge in [-0.05, 0) is 36.9 Å². The molecule has 4 nitrogen and oxygen atoms in total. The number of nitrogens with two attached hydrogens (primary N) is 1. The van der Waals surface area contributed by atoms with E-state index >= 15 is 0 Å². The Hall–Kier alpha value is -1.67. The Labute approximate surface area is 92.0 Å². The molecule has 0 bridgehead atoms. The maximum atomic E-state index is 11.4. The zero-order valence-corrected chi connectivity index (χ0v) is 9.00. The second kappa shape index (κ2) is 5.27. The zero-order chi connectivity index (χ0) is 11.3. The predicted molar refractivity (Wildman–Crippen MR) is 58.3 cm³/mol. The van der Waals surface area contributed by atoms with Gasteiger partial charge in [-0.1, -0.05) is 0 Å². The van der Waals surface area contributed by atoms with Crippen LogP contribution in [0.4, 0.5) is 5.69 Å². The molecule has 2 N–H and O–H groups in total. The van der Waals surface area contributed by atoms with E-state index in [4.69, 9.17) is 15.7 Å². The number of thioether (sulfide) groups is 1. The van der Waals surface area contributed by atoms with Gasteiger partial charge in [-0.2, -0.15) is 5.26 Å². The normalized spacial score (nSPS) is 9.33. The van der Waals surface area contributed by atoms with E-state index < -0.39 is 5.97 Å². The van der Waals surface area contributed by atoms with Gasteiger partial charge in [-0.3, -0.25) is 0 Å². The van der Waals surface area contributed by atoms with Crippen molar-refractivity contribution in [1.29, 1.82) is 5.26 Å². The van der Waals surface area contributed by atoms with Crippen LogP contribution in [-0.2, 0) is 4.74 Å². The number of esters is 1. The molecule has 0 aromatic heterocycles. The van der Waals surface area contributed by atoms with E-state index in [1.165, 1.54) is 0 Å². The minimum absolute atomic E-state index is 0.299. The van der Waals surface area contributed by atoms with Crippen molar-refractivity contribution in [1.82, 2.24) is 0 Å². The number of nitrogens with zero attached hydrogens (tertiary/aromatic N) is 1. The van der Waals surface area contributed by atoms with E-state index in [1.54, 1.807) is 25.1 Å². The number of thiocyanates is 1. The maximum absolute atomic E-state index is 11.4. The van der Waals surface area contributed by atoms with E-state index in [2.05, 4.69) is 0 Å². The van der Waals surface area contributed by atoms with Crippen LogP contribution >= 0.6 is 11.8 Å². The molecule has 0 aliphatic heterocycles. The summed E-state index contributed by atoms with van der Waals surface area (Å²) in [6.45, 7) is 2.02. The van der Waals surface area contributed by atoms with Crippen LogP contribution in [-0.4, -0.2) is 12.6 Å². The van der Waals surface area contributed by atoms with Gasteiger partial charge in [0.15, 0.2) is 0 Å². The molecule has 15 heavy (non-hydrogen) atoms. The summed E-state index contributed by atoms with van der Waals surface area (Å²) < 4.78 is 4.83. The van der Waals surface area contributed by atoms with Gasteiger partial charge in [0, 0.05) is 10.6 Å². The first-order valence-corrected chi connectivity index (χ1v) is 5.13. The highest BCUT2D eigenvalue weighted by atomic mass is 32.2. The summed E-state index contributed by atoms with van der Waals surface area (Å²) in [5.41, 5.74) is 6.28. The fraction of sp³-hybridized carbons (Fsp3) is 0.200. The second-order valence-corrected chi connectivity index (χ2v) is 3.52. The highest BCUT2D eigenvalue weighted by Crippen LogP contribution is 2.22. The standard InChI is InChI=1S/C10H10N2O2S/c1-2-14-10(13)8-5-7(15-6-11)3-4-9(8)12/h3-5H,2,12H2,1H3. The third-order valence-corrected chi connectivity index (χ3v) is 2.26. The molecule has 0 spiro atoms. The molecule has 0 radical (unpaired) electrons. The minimum atomic E-state index is -0.463. The molecular formula is C10H10N2O2S. The Balaban J connectivity index is 3.00. The van der Waals surface area contributed by atoms with Gasteiger partial charge in [0.1, 0.15) is 5.40 Å². The molecule has 1 aromatic rings. The number of anilines is 1. The van der Waals surface area contributed by atoms with Gasteiger partial charge < -0.3 is 10.5 Å². The van der Waals surface area contributed by atoms with Crippen LogP contribution in [0, 0.1) is 10.7 Å². The van der Waals surface area contributed by atoms with Crippen LogP contribution in [0.5, 0.6) is 0 Å². The summed E-state index contributed by atoms with van der Waals surface area (Å²) in [6.07, 6.45) is 0. The largest absolute Gasteiger partial charge is 0.462 e. The van der Waals surface area contributed by atoms with Crippen molar-refractivity contribution in [2.24, 2.45) is 0 Å². The van der Waals surface area contributed by atoms with E-state index in [-0.39, 0.29) is 0 Å². The number of carbonyl (C=O) groups excluding carboxylic acids is 1. The average molecular weight is 222 g/mol. The van der Waals surface area contributed by atoms with E-state index in [9.17, 15) is 4.79 Å². The molecular weight excluding hydrogens is 212 g/mol. The monoisotopic (exact) mass is 222 g/mol. The maximum Gasteiger partial charge on any atom is 0.340 e. The number of hydrogen-bond donors (Lipinski definition) is 1. The van der Waals surface area contributed by atoms with Crippen LogP contribution < -0.4 is 5.73 Å². The highest BCUT2D eigenvalue weighted by molar-refractivity contribution is 8.03. The third kappa shape index (κ3) is 2.89. The van der Waals surface area contributed by atoms with Crippen LogP contribution in [0.25, 0.3) is 0 Å². The number of ether oxygens (including phenoxy) is 1. The lowest BCUT2D eigenvalue weighted by Crippen LogP contribution is -2.07. The van der Waals surface area contributed by atoms with Gasteiger partial charge >= 0.3 is 5.97 Å². The van der Waals surface area contributed by atoms with Crippen LogP contribution in [0.3, 0.4) is 0 Å². The number of hydrogen-bond acceptors (Lipinski definition) is 5. The molecule has 0 saturated carbocycles. The summed E-state index contributed by atoms with van der Waals surface area (Å²) in [4.78, 5) is 12.1. The van der Waals surface area contributed by atoms with Crippen molar-refractivity contribution in [3.05, 3.63) is 23.8 Å². The highest BCUT2D eigenvalue weighted by Gasteiger charge is 2.11. The smallest absolute Gasteiger partial charge is 0.340 e. The number of nitrogen functional groups attached to an aromatic ring is 1. The molecule has 1 aromatic carbocycles. The lowest BCUT2D eigenvalue weighted by Gasteiger charge is -2.05. The number of benzene rings is 1. The molecule has 0 unspecified atom stereocenters. The number of carbonyl (C=O) groups is 1. The fourth-order valence-corrected chi connectivity index (χ4v) is 1.46. The predicted octanol–water partition coefficient (Wildman–Crippen LogP) is 2.02. The van der Waals surface area contributed by atoms with E-state index in [1.807, 2.05) is 5.40 Å². The molecule has 0 saturated heterocycles.